The molecule has 2 aliphatic carbocycles. The van der Waals surface area contributed by atoms with Gasteiger partial charge in [0.05, 0.1) is 0 Å². The van der Waals surface area contributed by atoms with Crippen LogP contribution in [0.3, 0.4) is 0 Å². The molecule has 0 bridgehead atoms. The van der Waals surface area contributed by atoms with E-state index >= 15 is 4.39 Å². The molecule has 2 fully saturated rings. The average Bonchev–Trinajstić information content (AvgIpc) is 3.01. The summed E-state index contributed by atoms with van der Waals surface area (Å²) < 4.78 is 15.1. The largest absolute Gasteiger partial charge is 0.206 e. The van der Waals surface area contributed by atoms with Gasteiger partial charge in [-0.2, -0.15) is 0 Å². The fourth-order valence-electron chi connectivity index (χ4n) is 7.65. The minimum Gasteiger partial charge on any atom is -0.206 e. The molecular weight excluding hydrogens is 499 g/mol. The first-order valence-electron chi connectivity index (χ1n) is 16.7. The second-order valence-corrected chi connectivity index (χ2v) is 13.3. The van der Waals surface area contributed by atoms with E-state index in [0.717, 1.165) is 23.3 Å². The lowest BCUT2D eigenvalue weighted by Crippen LogP contribution is -2.15. The summed E-state index contributed by atoms with van der Waals surface area (Å²) in [6.07, 6.45) is 21.1. The van der Waals surface area contributed by atoms with E-state index in [1.54, 1.807) is 6.07 Å². The van der Waals surface area contributed by atoms with Crippen molar-refractivity contribution in [1.82, 2.24) is 0 Å². The highest BCUT2D eigenvalue weighted by Gasteiger charge is 2.25. The molecule has 0 aliphatic heterocycles. The smallest absolute Gasteiger partial charge is 0.130 e. The van der Waals surface area contributed by atoms with Crippen LogP contribution >= 0.6 is 0 Å². The zero-order chi connectivity index (χ0) is 28.4. The standard InChI is InChI=1S/C40H51F/c1-3-7-31-10-12-32(13-11-31)14-15-33-16-18-34(19-17-33)20-25-38-26-27-39(29-40(38)41)37-23-21-35(22-24-37)28-30(2)36-8-5-4-6-9-36/h4-6,8-9,16-20,25-27,29-32,35,37H,3,7,10-15,21-24,28H2,1-2H3/t30-,31?,32?,35?,37?/m0/s1. The first-order valence-corrected chi connectivity index (χ1v) is 16.7. The molecule has 5 rings (SSSR count). The van der Waals surface area contributed by atoms with Gasteiger partial charge in [0, 0.05) is 5.56 Å². The van der Waals surface area contributed by atoms with Crippen LogP contribution < -0.4 is 0 Å². The lowest BCUT2D eigenvalue weighted by Gasteiger charge is -2.30. The molecule has 0 nitrogen and oxygen atoms in total. The van der Waals surface area contributed by atoms with E-state index in [4.69, 9.17) is 0 Å². The van der Waals surface area contributed by atoms with E-state index in [-0.39, 0.29) is 5.82 Å². The maximum atomic E-state index is 15.1. The molecule has 0 spiro atoms. The molecule has 3 aromatic rings. The SMILES string of the molecule is CCCC1CCC(CCc2ccc(C=Cc3ccc(C4CCC(C[C@H](C)c5ccccc5)CC4)cc3F)cc2)CC1. The Labute approximate surface area is 249 Å². The molecule has 41 heavy (non-hydrogen) atoms. The Morgan fingerprint density at radius 3 is 2.05 bits per heavy atom. The van der Waals surface area contributed by atoms with Gasteiger partial charge in [-0.25, -0.2) is 4.39 Å². The zero-order valence-corrected chi connectivity index (χ0v) is 25.5. The Kier molecular flexibility index (Phi) is 10.9. The van der Waals surface area contributed by atoms with Crippen molar-refractivity contribution in [2.24, 2.45) is 17.8 Å². The van der Waals surface area contributed by atoms with Gasteiger partial charge in [0.2, 0.25) is 0 Å². The Morgan fingerprint density at radius 1 is 0.732 bits per heavy atom. The van der Waals surface area contributed by atoms with E-state index in [1.165, 1.54) is 100 Å². The van der Waals surface area contributed by atoms with Gasteiger partial charge in [-0.15, -0.1) is 0 Å². The Bertz CT molecular complexity index is 1210. The highest BCUT2D eigenvalue weighted by molar-refractivity contribution is 5.70. The molecule has 2 aliphatic rings. The van der Waals surface area contributed by atoms with Crippen molar-refractivity contribution in [2.45, 2.75) is 109 Å². The van der Waals surface area contributed by atoms with Crippen molar-refractivity contribution < 1.29 is 4.39 Å². The highest BCUT2D eigenvalue weighted by atomic mass is 19.1. The van der Waals surface area contributed by atoms with Crippen LogP contribution in [0.4, 0.5) is 4.39 Å². The van der Waals surface area contributed by atoms with Crippen molar-refractivity contribution in [3.05, 3.63) is 106 Å². The third kappa shape index (κ3) is 8.67. The maximum Gasteiger partial charge on any atom is 0.130 e. The summed E-state index contributed by atoms with van der Waals surface area (Å²) in [5, 5.41) is 0. The lowest BCUT2D eigenvalue weighted by molar-refractivity contribution is 0.252. The van der Waals surface area contributed by atoms with Crippen LogP contribution in [0.15, 0.2) is 72.8 Å². The van der Waals surface area contributed by atoms with E-state index in [1.807, 2.05) is 12.1 Å². The van der Waals surface area contributed by atoms with Gasteiger partial charge in [0.15, 0.2) is 0 Å². The van der Waals surface area contributed by atoms with Gasteiger partial charge >= 0.3 is 0 Å². The van der Waals surface area contributed by atoms with Crippen LogP contribution in [0.5, 0.6) is 0 Å². The number of benzene rings is 3. The van der Waals surface area contributed by atoms with Crippen LogP contribution in [-0.2, 0) is 6.42 Å². The summed E-state index contributed by atoms with van der Waals surface area (Å²) in [5.41, 5.74) is 5.88. The van der Waals surface area contributed by atoms with Crippen LogP contribution in [0.1, 0.15) is 131 Å². The van der Waals surface area contributed by atoms with Gasteiger partial charge in [0.25, 0.3) is 0 Å². The van der Waals surface area contributed by atoms with E-state index < -0.39 is 0 Å². The fraction of sp³-hybridized carbons (Fsp3) is 0.500. The summed E-state index contributed by atoms with van der Waals surface area (Å²) in [5.74, 6) is 3.69. The second-order valence-electron chi connectivity index (χ2n) is 13.3. The fourth-order valence-corrected chi connectivity index (χ4v) is 7.65. The summed E-state index contributed by atoms with van der Waals surface area (Å²) >= 11 is 0. The first-order chi connectivity index (χ1) is 20.1. The highest BCUT2D eigenvalue weighted by Crippen LogP contribution is 2.40. The molecule has 1 atom stereocenters. The van der Waals surface area contributed by atoms with Gasteiger partial charge < -0.3 is 0 Å². The van der Waals surface area contributed by atoms with Gasteiger partial charge in [0.1, 0.15) is 5.82 Å². The molecule has 0 radical (unpaired) electrons. The van der Waals surface area contributed by atoms with Gasteiger partial charge in [-0.3, -0.25) is 0 Å². The number of aryl methyl sites for hydroxylation is 1. The predicted molar refractivity (Wildman–Crippen MR) is 175 cm³/mol. The van der Waals surface area contributed by atoms with E-state index in [2.05, 4.69) is 80.6 Å². The number of hydrogen-bond acceptors (Lipinski definition) is 0. The minimum atomic E-state index is -0.0937. The van der Waals surface area contributed by atoms with Crippen LogP contribution in [0.25, 0.3) is 12.2 Å². The first kappa shape index (κ1) is 29.8. The van der Waals surface area contributed by atoms with Crippen molar-refractivity contribution in [1.29, 1.82) is 0 Å². The van der Waals surface area contributed by atoms with Crippen molar-refractivity contribution in [3.8, 4) is 0 Å². The molecule has 1 heteroatoms. The number of hydrogen-bond donors (Lipinski definition) is 0. The monoisotopic (exact) mass is 550 g/mol. The van der Waals surface area contributed by atoms with Crippen molar-refractivity contribution >= 4 is 12.2 Å². The molecule has 0 unspecified atom stereocenters. The molecule has 0 N–H and O–H groups in total. The molecule has 2 saturated carbocycles. The van der Waals surface area contributed by atoms with Crippen LogP contribution in [0.2, 0.25) is 0 Å². The van der Waals surface area contributed by atoms with Gasteiger partial charge in [-0.1, -0.05) is 131 Å². The summed E-state index contributed by atoms with van der Waals surface area (Å²) in [4.78, 5) is 0. The number of halogens is 1. The topological polar surface area (TPSA) is 0 Å². The maximum absolute atomic E-state index is 15.1. The Balaban J connectivity index is 1.07. The molecule has 0 aromatic heterocycles. The number of rotatable bonds is 11. The normalized spacial score (nSPS) is 24.0. The molecular formula is C40H51F. The minimum absolute atomic E-state index is 0.0937. The summed E-state index contributed by atoms with van der Waals surface area (Å²) in [7, 11) is 0. The molecule has 0 saturated heterocycles. The quantitative estimate of drug-likeness (QED) is 0.208. The Morgan fingerprint density at radius 2 is 1.39 bits per heavy atom. The second kappa shape index (κ2) is 15.0. The molecule has 0 heterocycles. The molecule has 0 amide bonds. The van der Waals surface area contributed by atoms with Crippen molar-refractivity contribution in [2.75, 3.05) is 0 Å². The average molecular weight is 551 g/mol. The molecule has 218 valence electrons. The van der Waals surface area contributed by atoms with Crippen molar-refractivity contribution in [3.63, 3.8) is 0 Å². The third-order valence-corrected chi connectivity index (χ3v) is 10.3. The zero-order valence-electron chi connectivity index (χ0n) is 25.5. The Hall–Kier alpha value is -2.67. The van der Waals surface area contributed by atoms with Crippen LogP contribution in [0, 0.1) is 23.6 Å². The van der Waals surface area contributed by atoms with E-state index in [0.29, 0.717) is 17.4 Å². The third-order valence-electron chi connectivity index (χ3n) is 10.3. The lowest BCUT2D eigenvalue weighted by atomic mass is 9.75. The van der Waals surface area contributed by atoms with E-state index in [9.17, 15) is 0 Å². The predicted octanol–water partition coefficient (Wildman–Crippen LogP) is 12.0. The van der Waals surface area contributed by atoms with Crippen LogP contribution in [-0.4, -0.2) is 0 Å². The van der Waals surface area contributed by atoms with Gasteiger partial charge in [-0.05, 0) is 103 Å². The summed E-state index contributed by atoms with van der Waals surface area (Å²) in [6, 6.07) is 25.7. The summed E-state index contributed by atoms with van der Waals surface area (Å²) in [6.45, 7) is 4.68. The molecule has 3 aromatic carbocycles.